The minimum absolute atomic E-state index is 0.00301. The van der Waals surface area contributed by atoms with E-state index in [9.17, 15) is 13.2 Å². The second-order valence-corrected chi connectivity index (χ2v) is 8.79. The Hall–Kier alpha value is -3.03. The summed E-state index contributed by atoms with van der Waals surface area (Å²) >= 11 is 5.97. The molecule has 0 aliphatic heterocycles. The molecule has 2 N–H and O–H groups in total. The molecule has 1 amide bonds. The molecule has 162 valence electrons. The molecule has 31 heavy (non-hydrogen) atoms. The number of amides is 1. The number of benzene rings is 3. The third-order valence-electron chi connectivity index (χ3n) is 4.54. The van der Waals surface area contributed by atoms with Crippen LogP contribution in [-0.2, 0) is 16.4 Å². The Balaban J connectivity index is 1.94. The Morgan fingerprint density at radius 2 is 1.74 bits per heavy atom. The van der Waals surface area contributed by atoms with Crippen molar-refractivity contribution in [2.45, 2.75) is 25.2 Å². The van der Waals surface area contributed by atoms with E-state index in [2.05, 4.69) is 10.0 Å². The Labute approximate surface area is 187 Å². The minimum Gasteiger partial charge on any atom is -0.492 e. The summed E-state index contributed by atoms with van der Waals surface area (Å²) in [7, 11) is -3.89. The average molecular weight is 459 g/mol. The van der Waals surface area contributed by atoms with Crippen LogP contribution in [0.3, 0.4) is 0 Å². The van der Waals surface area contributed by atoms with Crippen molar-refractivity contribution in [1.82, 2.24) is 0 Å². The fraction of sp³-hybridized carbons (Fsp3) is 0.174. The molecule has 0 fully saturated rings. The summed E-state index contributed by atoms with van der Waals surface area (Å²) in [4.78, 5) is 12.7. The van der Waals surface area contributed by atoms with Gasteiger partial charge in [0.1, 0.15) is 5.75 Å². The molecular formula is C23H23ClN2O4S. The van der Waals surface area contributed by atoms with Crippen molar-refractivity contribution in [2.24, 2.45) is 0 Å². The van der Waals surface area contributed by atoms with Gasteiger partial charge in [-0.1, -0.05) is 42.8 Å². The van der Waals surface area contributed by atoms with Gasteiger partial charge in [0.2, 0.25) is 0 Å². The molecular weight excluding hydrogens is 436 g/mol. The fourth-order valence-corrected chi connectivity index (χ4v) is 4.33. The van der Waals surface area contributed by atoms with Gasteiger partial charge in [-0.2, -0.15) is 0 Å². The van der Waals surface area contributed by atoms with Crippen molar-refractivity contribution in [3.05, 3.63) is 82.9 Å². The molecule has 0 saturated heterocycles. The van der Waals surface area contributed by atoms with Gasteiger partial charge in [0.25, 0.3) is 15.9 Å². The van der Waals surface area contributed by atoms with Crippen LogP contribution in [-0.4, -0.2) is 20.9 Å². The van der Waals surface area contributed by atoms with E-state index >= 15 is 0 Å². The highest BCUT2D eigenvalue weighted by Crippen LogP contribution is 2.30. The number of anilines is 2. The number of carbonyl (C=O) groups excluding carboxylic acids is 1. The van der Waals surface area contributed by atoms with Crippen molar-refractivity contribution >= 4 is 38.9 Å². The summed E-state index contributed by atoms with van der Waals surface area (Å²) in [6.07, 6.45) is 0.683. The lowest BCUT2D eigenvalue weighted by Crippen LogP contribution is -2.16. The molecule has 0 atom stereocenters. The Morgan fingerprint density at radius 1 is 0.968 bits per heavy atom. The van der Waals surface area contributed by atoms with Gasteiger partial charge < -0.3 is 10.1 Å². The zero-order valence-electron chi connectivity index (χ0n) is 17.2. The zero-order chi connectivity index (χ0) is 22.4. The lowest BCUT2D eigenvalue weighted by atomic mass is 10.1. The van der Waals surface area contributed by atoms with E-state index in [4.69, 9.17) is 16.3 Å². The van der Waals surface area contributed by atoms with E-state index in [1.54, 1.807) is 37.3 Å². The highest BCUT2D eigenvalue weighted by atomic mass is 35.5. The van der Waals surface area contributed by atoms with Gasteiger partial charge in [-0.3, -0.25) is 9.52 Å². The monoisotopic (exact) mass is 458 g/mol. The first-order valence-corrected chi connectivity index (χ1v) is 11.6. The molecule has 0 unspecified atom stereocenters. The summed E-state index contributed by atoms with van der Waals surface area (Å²) in [5.41, 5.74) is 1.99. The third-order valence-corrected chi connectivity index (χ3v) is 6.14. The van der Waals surface area contributed by atoms with Gasteiger partial charge in [0, 0.05) is 10.6 Å². The molecule has 0 saturated carbocycles. The molecule has 6 nitrogen and oxygen atoms in total. The van der Waals surface area contributed by atoms with Crippen molar-refractivity contribution in [3.63, 3.8) is 0 Å². The molecule has 0 aliphatic rings. The highest BCUT2D eigenvalue weighted by Gasteiger charge is 2.19. The molecule has 0 spiro atoms. The van der Waals surface area contributed by atoms with Crippen LogP contribution in [0.15, 0.2) is 71.6 Å². The van der Waals surface area contributed by atoms with Gasteiger partial charge in [-0.05, 0) is 61.4 Å². The van der Waals surface area contributed by atoms with Crippen LogP contribution in [0.4, 0.5) is 11.4 Å². The van der Waals surface area contributed by atoms with E-state index in [1.807, 2.05) is 19.1 Å². The largest absolute Gasteiger partial charge is 0.492 e. The summed E-state index contributed by atoms with van der Waals surface area (Å²) in [6.45, 7) is 4.11. The molecule has 8 heteroatoms. The van der Waals surface area contributed by atoms with Crippen LogP contribution in [0.1, 0.15) is 29.8 Å². The quantitative estimate of drug-likeness (QED) is 0.476. The normalized spacial score (nSPS) is 11.1. The SMILES string of the molecule is CCOc1ccc(S(=O)(=O)Nc2ccccc2CC)cc1NC(=O)c1cccc(Cl)c1. The first kappa shape index (κ1) is 22.7. The summed E-state index contributed by atoms with van der Waals surface area (Å²) in [5.74, 6) is -0.0620. The van der Waals surface area contributed by atoms with Crippen LogP contribution in [0, 0.1) is 0 Å². The van der Waals surface area contributed by atoms with E-state index < -0.39 is 15.9 Å². The molecule has 0 heterocycles. The third kappa shape index (κ3) is 5.57. The fourth-order valence-electron chi connectivity index (χ4n) is 3.01. The standard InChI is InChI=1S/C23H23ClN2O4S/c1-3-16-8-5-6-11-20(16)26-31(28,29)19-12-13-22(30-4-2)21(15-19)25-23(27)17-9-7-10-18(24)14-17/h5-15,26H,3-4H2,1-2H3,(H,25,27). The van der Waals surface area contributed by atoms with E-state index in [-0.39, 0.29) is 10.6 Å². The molecule has 3 aromatic rings. The number of hydrogen-bond acceptors (Lipinski definition) is 4. The summed E-state index contributed by atoms with van der Waals surface area (Å²) < 4.78 is 34.2. The van der Waals surface area contributed by atoms with Crippen LogP contribution in [0.5, 0.6) is 5.75 Å². The second kappa shape index (κ2) is 9.85. The molecule has 0 bridgehead atoms. The predicted octanol–water partition coefficient (Wildman–Crippen LogP) is 5.35. The maximum atomic E-state index is 13.0. The Morgan fingerprint density at radius 3 is 2.45 bits per heavy atom. The number of sulfonamides is 1. The number of nitrogens with one attached hydrogen (secondary N) is 2. The van der Waals surface area contributed by atoms with Gasteiger partial charge in [0.05, 0.1) is 22.9 Å². The van der Waals surface area contributed by atoms with Crippen LogP contribution in [0.25, 0.3) is 0 Å². The predicted molar refractivity (Wildman–Crippen MR) is 124 cm³/mol. The number of carbonyl (C=O) groups is 1. The lowest BCUT2D eigenvalue weighted by molar-refractivity contribution is 0.102. The molecule has 0 aromatic heterocycles. The van der Waals surface area contributed by atoms with Gasteiger partial charge >= 0.3 is 0 Å². The number of halogens is 1. The number of ether oxygens (including phenoxy) is 1. The van der Waals surface area contributed by atoms with Gasteiger partial charge in [0.15, 0.2) is 0 Å². The van der Waals surface area contributed by atoms with E-state index in [0.29, 0.717) is 35.1 Å². The van der Waals surface area contributed by atoms with Crippen LogP contribution < -0.4 is 14.8 Å². The Bertz CT molecular complexity index is 1200. The van der Waals surface area contributed by atoms with Crippen LogP contribution in [0.2, 0.25) is 5.02 Å². The van der Waals surface area contributed by atoms with Crippen molar-refractivity contribution in [1.29, 1.82) is 0 Å². The summed E-state index contributed by atoms with van der Waals surface area (Å²) in [5, 5.41) is 3.15. The number of para-hydroxylation sites is 1. The molecule has 3 rings (SSSR count). The Kier molecular flexibility index (Phi) is 7.20. The zero-order valence-corrected chi connectivity index (χ0v) is 18.8. The van der Waals surface area contributed by atoms with E-state index in [0.717, 1.165) is 5.56 Å². The highest BCUT2D eigenvalue weighted by molar-refractivity contribution is 7.92. The first-order valence-electron chi connectivity index (χ1n) is 9.78. The summed E-state index contributed by atoms with van der Waals surface area (Å²) in [6, 6.07) is 18.0. The van der Waals surface area contributed by atoms with Crippen molar-refractivity contribution in [3.8, 4) is 5.75 Å². The number of hydrogen-bond donors (Lipinski definition) is 2. The van der Waals surface area contributed by atoms with Crippen molar-refractivity contribution < 1.29 is 17.9 Å². The number of rotatable bonds is 8. The van der Waals surface area contributed by atoms with E-state index in [1.165, 1.54) is 24.3 Å². The molecule has 0 radical (unpaired) electrons. The lowest BCUT2D eigenvalue weighted by Gasteiger charge is -2.15. The maximum absolute atomic E-state index is 13.0. The van der Waals surface area contributed by atoms with Crippen LogP contribution >= 0.6 is 11.6 Å². The van der Waals surface area contributed by atoms with Gasteiger partial charge in [-0.25, -0.2) is 8.42 Å². The minimum atomic E-state index is -3.89. The smallest absolute Gasteiger partial charge is 0.261 e. The average Bonchev–Trinajstić information content (AvgIpc) is 2.75. The molecule has 0 aliphatic carbocycles. The first-order chi connectivity index (χ1) is 14.8. The number of aryl methyl sites for hydroxylation is 1. The second-order valence-electron chi connectivity index (χ2n) is 6.67. The van der Waals surface area contributed by atoms with Gasteiger partial charge in [-0.15, -0.1) is 0 Å². The topological polar surface area (TPSA) is 84.5 Å². The van der Waals surface area contributed by atoms with Crippen molar-refractivity contribution in [2.75, 3.05) is 16.6 Å². The molecule has 3 aromatic carbocycles. The maximum Gasteiger partial charge on any atom is 0.261 e.